The Morgan fingerprint density at radius 3 is 2.46 bits per heavy atom. The van der Waals surface area contributed by atoms with Gasteiger partial charge < -0.3 is 10.1 Å². The van der Waals surface area contributed by atoms with Gasteiger partial charge in [-0.05, 0) is 29.8 Å². The van der Waals surface area contributed by atoms with E-state index in [4.69, 9.17) is 5.11 Å². The molecule has 2 rings (SSSR count). The van der Waals surface area contributed by atoms with Crippen LogP contribution in [0.25, 0.3) is 0 Å². The van der Waals surface area contributed by atoms with E-state index in [2.05, 4.69) is 4.98 Å². The molecule has 2 heteroatoms. The van der Waals surface area contributed by atoms with Crippen molar-refractivity contribution in [1.82, 2.24) is 4.98 Å². The first kappa shape index (κ1) is 7.92. The van der Waals surface area contributed by atoms with Crippen LogP contribution < -0.4 is 0 Å². The first-order valence-electron chi connectivity index (χ1n) is 4.25. The molecule has 0 radical (unpaired) electrons. The fourth-order valence-corrected chi connectivity index (χ4v) is 1.31. The van der Waals surface area contributed by atoms with Crippen LogP contribution in [-0.2, 0) is 6.42 Å². The smallest absolute Gasteiger partial charge is 0.115 e. The summed E-state index contributed by atoms with van der Waals surface area (Å²) >= 11 is 0. The molecule has 0 aliphatic carbocycles. The second-order valence-corrected chi connectivity index (χ2v) is 3.04. The van der Waals surface area contributed by atoms with Crippen molar-refractivity contribution in [2.75, 3.05) is 0 Å². The number of phenolic OH excluding ortho intramolecular Hbond substituents is 1. The number of hydrogen-bond donors (Lipinski definition) is 2. The maximum absolute atomic E-state index is 9.07. The van der Waals surface area contributed by atoms with Gasteiger partial charge in [0.05, 0.1) is 0 Å². The Bertz CT molecular complexity index is 361. The highest BCUT2D eigenvalue weighted by molar-refractivity contribution is 5.28. The average Bonchev–Trinajstić information content (AvgIpc) is 2.62. The predicted molar refractivity (Wildman–Crippen MR) is 51.7 cm³/mol. The molecule has 0 aliphatic rings. The van der Waals surface area contributed by atoms with Gasteiger partial charge in [-0.1, -0.05) is 12.1 Å². The summed E-state index contributed by atoms with van der Waals surface area (Å²) in [5.41, 5.74) is 2.38. The van der Waals surface area contributed by atoms with Crippen LogP contribution in [0.3, 0.4) is 0 Å². The van der Waals surface area contributed by atoms with Gasteiger partial charge in [0, 0.05) is 18.3 Å². The molecule has 0 unspecified atom stereocenters. The van der Waals surface area contributed by atoms with Gasteiger partial charge in [0.2, 0.25) is 0 Å². The number of benzene rings is 1. The number of H-pyrrole nitrogens is 1. The molecule has 0 saturated carbocycles. The second kappa shape index (κ2) is 3.35. The Balaban J connectivity index is 2.15. The SMILES string of the molecule is Oc1ccc(Cc2ccc[nH]2)cc1. The van der Waals surface area contributed by atoms with E-state index in [1.54, 1.807) is 12.1 Å². The van der Waals surface area contributed by atoms with Crippen molar-refractivity contribution in [3.63, 3.8) is 0 Å². The Labute approximate surface area is 76.9 Å². The molecule has 1 aromatic carbocycles. The number of hydrogen-bond acceptors (Lipinski definition) is 1. The third-order valence-electron chi connectivity index (χ3n) is 1.99. The number of phenols is 1. The van der Waals surface area contributed by atoms with Crippen LogP contribution in [0.2, 0.25) is 0 Å². The summed E-state index contributed by atoms with van der Waals surface area (Å²) in [7, 11) is 0. The number of aromatic nitrogens is 1. The number of aromatic amines is 1. The van der Waals surface area contributed by atoms with Crippen molar-refractivity contribution in [2.24, 2.45) is 0 Å². The second-order valence-electron chi connectivity index (χ2n) is 3.04. The summed E-state index contributed by atoms with van der Waals surface area (Å²) in [6.45, 7) is 0. The fourth-order valence-electron chi connectivity index (χ4n) is 1.31. The normalized spacial score (nSPS) is 10.2. The zero-order chi connectivity index (χ0) is 9.10. The van der Waals surface area contributed by atoms with Crippen LogP contribution in [0, 0.1) is 0 Å². The lowest BCUT2D eigenvalue weighted by Gasteiger charge is -1.98. The van der Waals surface area contributed by atoms with Gasteiger partial charge in [-0.15, -0.1) is 0 Å². The number of aromatic hydroxyl groups is 1. The van der Waals surface area contributed by atoms with E-state index in [9.17, 15) is 0 Å². The maximum Gasteiger partial charge on any atom is 0.115 e. The minimum absolute atomic E-state index is 0.315. The van der Waals surface area contributed by atoms with Gasteiger partial charge in [-0.3, -0.25) is 0 Å². The standard InChI is InChI=1S/C11H11NO/c13-11-5-3-9(4-6-11)8-10-2-1-7-12-10/h1-7,12-13H,8H2. The highest BCUT2D eigenvalue weighted by atomic mass is 16.3. The Hall–Kier alpha value is -1.70. The van der Waals surface area contributed by atoms with Crippen molar-refractivity contribution in [3.8, 4) is 5.75 Å². The maximum atomic E-state index is 9.07. The van der Waals surface area contributed by atoms with Crippen molar-refractivity contribution in [2.45, 2.75) is 6.42 Å². The third kappa shape index (κ3) is 1.90. The highest BCUT2D eigenvalue weighted by Crippen LogP contribution is 2.12. The molecule has 2 N–H and O–H groups in total. The molecular formula is C11H11NO. The van der Waals surface area contributed by atoms with Gasteiger partial charge in [-0.2, -0.15) is 0 Å². The molecule has 1 aromatic heterocycles. The van der Waals surface area contributed by atoms with Gasteiger partial charge in [-0.25, -0.2) is 0 Å². The van der Waals surface area contributed by atoms with Gasteiger partial charge in [0.15, 0.2) is 0 Å². The van der Waals surface area contributed by atoms with E-state index in [1.807, 2.05) is 30.5 Å². The number of nitrogens with one attached hydrogen (secondary N) is 1. The van der Waals surface area contributed by atoms with Crippen LogP contribution in [0.1, 0.15) is 11.3 Å². The molecule has 0 atom stereocenters. The van der Waals surface area contributed by atoms with Crippen LogP contribution in [0.4, 0.5) is 0 Å². The summed E-state index contributed by atoms with van der Waals surface area (Å²) in [5, 5.41) is 9.07. The van der Waals surface area contributed by atoms with E-state index < -0.39 is 0 Å². The first-order chi connectivity index (χ1) is 6.34. The van der Waals surface area contributed by atoms with E-state index in [0.29, 0.717) is 5.75 Å². The minimum atomic E-state index is 0.315. The van der Waals surface area contributed by atoms with Gasteiger partial charge in [0.1, 0.15) is 5.75 Å². The zero-order valence-corrected chi connectivity index (χ0v) is 7.20. The quantitative estimate of drug-likeness (QED) is 0.718. The van der Waals surface area contributed by atoms with Gasteiger partial charge in [0.25, 0.3) is 0 Å². The molecule has 0 spiro atoms. The Kier molecular flexibility index (Phi) is 2.04. The molecule has 0 fully saturated rings. The monoisotopic (exact) mass is 173 g/mol. The summed E-state index contributed by atoms with van der Waals surface area (Å²) in [4.78, 5) is 3.14. The molecule has 2 nitrogen and oxygen atoms in total. The predicted octanol–water partition coefficient (Wildman–Crippen LogP) is 2.31. The molecule has 0 aliphatic heterocycles. The largest absolute Gasteiger partial charge is 0.508 e. The van der Waals surface area contributed by atoms with Crippen molar-refractivity contribution >= 4 is 0 Å². The molecule has 1 heterocycles. The van der Waals surface area contributed by atoms with Crippen LogP contribution in [0.15, 0.2) is 42.6 Å². The van der Waals surface area contributed by atoms with E-state index in [-0.39, 0.29) is 0 Å². The van der Waals surface area contributed by atoms with Crippen molar-refractivity contribution in [3.05, 3.63) is 53.9 Å². The molecule has 0 bridgehead atoms. The third-order valence-corrected chi connectivity index (χ3v) is 1.99. The summed E-state index contributed by atoms with van der Waals surface area (Å²) in [5.74, 6) is 0.315. The molecule has 0 amide bonds. The van der Waals surface area contributed by atoms with E-state index >= 15 is 0 Å². The Morgan fingerprint density at radius 2 is 1.85 bits per heavy atom. The van der Waals surface area contributed by atoms with Crippen LogP contribution in [-0.4, -0.2) is 10.1 Å². The van der Waals surface area contributed by atoms with Crippen molar-refractivity contribution in [1.29, 1.82) is 0 Å². The molecule has 66 valence electrons. The molecule has 13 heavy (non-hydrogen) atoms. The summed E-state index contributed by atoms with van der Waals surface area (Å²) in [6.07, 6.45) is 2.79. The van der Waals surface area contributed by atoms with Crippen LogP contribution >= 0.6 is 0 Å². The first-order valence-corrected chi connectivity index (χ1v) is 4.25. The fraction of sp³-hybridized carbons (Fsp3) is 0.0909. The molecule has 2 aromatic rings. The summed E-state index contributed by atoms with van der Waals surface area (Å²) in [6, 6.07) is 11.3. The van der Waals surface area contributed by atoms with Crippen LogP contribution in [0.5, 0.6) is 5.75 Å². The van der Waals surface area contributed by atoms with Crippen molar-refractivity contribution < 1.29 is 5.11 Å². The topological polar surface area (TPSA) is 36.0 Å². The van der Waals surface area contributed by atoms with E-state index in [1.165, 1.54) is 11.3 Å². The van der Waals surface area contributed by atoms with E-state index in [0.717, 1.165) is 6.42 Å². The average molecular weight is 173 g/mol. The highest BCUT2D eigenvalue weighted by Gasteiger charge is 1.95. The number of rotatable bonds is 2. The molecular weight excluding hydrogens is 162 g/mol. The zero-order valence-electron chi connectivity index (χ0n) is 7.20. The minimum Gasteiger partial charge on any atom is -0.508 e. The Morgan fingerprint density at radius 1 is 1.08 bits per heavy atom. The van der Waals surface area contributed by atoms with Gasteiger partial charge >= 0.3 is 0 Å². The lowest BCUT2D eigenvalue weighted by Crippen LogP contribution is -1.86. The summed E-state index contributed by atoms with van der Waals surface area (Å²) < 4.78 is 0. The molecule has 0 saturated heterocycles. The lowest BCUT2D eigenvalue weighted by atomic mass is 10.1. The lowest BCUT2D eigenvalue weighted by molar-refractivity contribution is 0.475.